The summed E-state index contributed by atoms with van der Waals surface area (Å²) in [5.41, 5.74) is 17.0. The molecular formula is C52H86N12O17. The van der Waals surface area contributed by atoms with E-state index in [1.165, 1.54) is 31.2 Å². The molecule has 456 valence electrons. The van der Waals surface area contributed by atoms with Crippen molar-refractivity contribution in [3.63, 3.8) is 0 Å². The van der Waals surface area contributed by atoms with E-state index in [0.29, 0.717) is 12.0 Å². The van der Waals surface area contributed by atoms with E-state index in [0.717, 1.165) is 0 Å². The Morgan fingerprint density at radius 1 is 0.457 bits per heavy atom. The Morgan fingerprint density at radius 2 is 0.840 bits per heavy atom. The van der Waals surface area contributed by atoms with Crippen LogP contribution in [0.25, 0.3) is 0 Å². The number of carbonyl (C=O) groups excluding carboxylic acids is 10. The second-order valence-corrected chi connectivity index (χ2v) is 21.0. The number of hydrogen-bond acceptors (Lipinski definition) is 17. The van der Waals surface area contributed by atoms with E-state index in [1.54, 1.807) is 41.5 Å². The Labute approximate surface area is 470 Å². The minimum absolute atomic E-state index is 0.00406. The summed E-state index contributed by atoms with van der Waals surface area (Å²) in [6, 6.07) is -8.91. The first-order valence-corrected chi connectivity index (χ1v) is 26.8. The fraction of sp³-hybridized carbons (Fsp3) is 0.654. The summed E-state index contributed by atoms with van der Waals surface area (Å²) in [5, 5.41) is 70.9. The zero-order valence-corrected chi connectivity index (χ0v) is 47.1. The van der Waals surface area contributed by atoms with E-state index in [4.69, 9.17) is 22.3 Å². The number of aliphatic carboxylic acids is 2. The molecule has 0 heterocycles. The zero-order valence-electron chi connectivity index (χ0n) is 47.1. The first-order valence-electron chi connectivity index (χ1n) is 26.8. The average Bonchev–Trinajstić information content (AvgIpc) is 3.39. The van der Waals surface area contributed by atoms with Gasteiger partial charge in [0, 0.05) is 19.3 Å². The predicted octanol–water partition coefficient (Wildman–Crippen LogP) is -3.89. The van der Waals surface area contributed by atoms with Crippen molar-refractivity contribution >= 4 is 71.0 Å². The molecular weight excluding hydrogens is 1060 g/mol. The molecule has 0 bridgehead atoms. The summed E-state index contributed by atoms with van der Waals surface area (Å²) in [4.78, 5) is 157. The third-order valence-electron chi connectivity index (χ3n) is 12.3. The predicted molar refractivity (Wildman–Crippen MR) is 291 cm³/mol. The number of nitrogens with two attached hydrogens (primary N) is 3. The van der Waals surface area contributed by atoms with Gasteiger partial charge in [-0.05, 0) is 100 Å². The van der Waals surface area contributed by atoms with Crippen molar-refractivity contribution in [1.82, 2.24) is 47.9 Å². The molecule has 0 aliphatic carbocycles. The summed E-state index contributed by atoms with van der Waals surface area (Å²) in [5.74, 6) is -12.7. The zero-order chi connectivity index (χ0) is 61.7. The summed E-state index contributed by atoms with van der Waals surface area (Å²) in [7, 11) is 0. The van der Waals surface area contributed by atoms with Crippen LogP contribution in [0.3, 0.4) is 0 Å². The molecule has 0 spiro atoms. The van der Waals surface area contributed by atoms with Gasteiger partial charge in [0.15, 0.2) is 0 Å². The molecule has 29 nitrogen and oxygen atoms in total. The summed E-state index contributed by atoms with van der Waals surface area (Å²) in [6.45, 7) is 9.97. The summed E-state index contributed by atoms with van der Waals surface area (Å²) in [6.07, 6.45) is -1.10. The number of aliphatic hydroxyl groups excluding tert-OH is 2. The van der Waals surface area contributed by atoms with Gasteiger partial charge in [-0.1, -0.05) is 53.7 Å². The third-order valence-corrected chi connectivity index (χ3v) is 12.3. The Bertz CT molecular complexity index is 2290. The van der Waals surface area contributed by atoms with Crippen LogP contribution in [0.4, 0.5) is 0 Å². The Hall–Kier alpha value is -7.50. The number of amides is 10. The standard InChI is InChI=1S/C52H86N12O17/c1-26(2)20-35(60-50(78)39(24-65)63-44(72)32(54)15-18-42(69)70)46(74)56-29(7)43(71)59-36(21-27(3)4)48(76)62-38(23-30-11-13-31(67)14-12-30)49(77)57-33(10-8-9-19-53)45(73)64-40(25-66)51(79)61-37(22-28(5)6)47(75)58-34(52(80)81)16-17-41(55)68/h11-14,26-29,32-40,65-67H,8-10,15-25,53-54H2,1-7H3,(H2,55,68)(H,56,74)(H,57,77)(H,58,75)(H,59,71)(H,60,78)(H,61,79)(H,62,76)(H,63,72)(H,64,73)(H,69,70)(H,80,81)/t29-,32-,33-,34-,35-,36-,37-,38-,39-,40-/m0/s1. The van der Waals surface area contributed by atoms with Crippen LogP contribution in [0.2, 0.25) is 0 Å². The molecule has 10 atom stereocenters. The van der Waals surface area contributed by atoms with Crippen LogP contribution in [-0.4, -0.2) is 177 Å². The number of rotatable bonds is 39. The van der Waals surface area contributed by atoms with Gasteiger partial charge in [-0.25, -0.2) is 4.79 Å². The fourth-order valence-electron chi connectivity index (χ4n) is 7.88. The van der Waals surface area contributed by atoms with Crippen molar-refractivity contribution in [2.24, 2.45) is 35.0 Å². The topological polar surface area (TPSA) is 492 Å². The molecule has 0 fully saturated rings. The minimum atomic E-state index is -1.72. The molecule has 0 aromatic heterocycles. The van der Waals surface area contributed by atoms with Gasteiger partial charge >= 0.3 is 11.9 Å². The minimum Gasteiger partial charge on any atom is -0.508 e. The number of phenols is 1. The van der Waals surface area contributed by atoms with Crippen LogP contribution in [-0.2, 0) is 64.0 Å². The van der Waals surface area contributed by atoms with Crippen molar-refractivity contribution in [3.8, 4) is 5.75 Å². The Morgan fingerprint density at radius 3 is 1.27 bits per heavy atom. The van der Waals surface area contributed by atoms with Crippen molar-refractivity contribution in [2.75, 3.05) is 19.8 Å². The van der Waals surface area contributed by atoms with Gasteiger partial charge in [0.05, 0.1) is 19.3 Å². The number of carboxylic acid groups (broad SMARTS) is 2. The fourth-order valence-corrected chi connectivity index (χ4v) is 7.88. The van der Waals surface area contributed by atoms with E-state index >= 15 is 0 Å². The van der Waals surface area contributed by atoms with Gasteiger partial charge in [0.2, 0.25) is 59.1 Å². The molecule has 1 aromatic rings. The number of hydrogen-bond donors (Lipinski definition) is 17. The number of aromatic hydroxyl groups is 1. The van der Waals surface area contributed by atoms with Crippen molar-refractivity contribution in [3.05, 3.63) is 29.8 Å². The second kappa shape index (κ2) is 36.7. The monoisotopic (exact) mass is 1150 g/mol. The van der Waals surface area contributed by atoms with Crippen LogP contribution < -0.4 is 65.1 Å². The molecule has 0 radical (unpaired) electrons. The lowest BCUT2D eigenvalue weighted by Gasteiger charge is -2.28. The van der Waals surface area contributed by atoms with E-state index in [2.05, 4.69) is 47.9 Å². The second-order valence-electron chi connectivity index (χ2n) is 21.0. The highest BCUT2D eigenvalue weighted by Crippen LogP contribution is 2.15. The summed E-state index contributed by atoms with van der Waals surface area (Å²) >= 11 is 0. The maximum atomic E-state index is 14.4. The van der Waals surface area contributed by atoms with Crippen LogP contribution in [0.15, 0.2) is 24.3 Å². The molecule has 0 aliphatic heterocycles. The van der Waals surface area contributed by atoms with Crippen LogP contribution in [0.5, 0.6) is 5.75 Å². The lowest BCUT2D eigenvalue weighted by molar-refractivity contribution is -0.143. The molecule has 0 saturated heterocycles. The maximum absolute atomic E-state index is 14.4. The molecule has 10 amide bonds. The van der Waals surface area contributed by atoms with E-state index in [1.807, 2.05) is 0 Å². The van der Waals surface area contributed by atoms with Gasteiger partial charge in [-0.2, -0.15) is 0 Å². The molecule has 0 aliphatic rings. The number of benzene rings is 1. The van der Waals surface area contributed by atoms with Crippen LogP contribution in [0.1, 0.15) is 118 Å². The van der Waals surface area contributed by atoms with Gasteiger partial charge in [0.1, 0.15) is 60.1 Å². The quantitative estimate of drug-likeness (QED) is 0.0280. The van der Waals surface area contributed by atoms with Crippen LogP contribution in [0, 0.1) is 17.8 Å². The van der Waals surface area contributed by atoms with Gasteiger partial charge < -0.3 is 90.6 Å². The average molecular weight is 1150 g/mol. The molecule has 81 heavy (non-hydrogen) atoms. The van der Waals surface area contributed by atoms with Gasteiger partial charge in [-0.15, -0.1) is 0 Å². The largest absolute Gasteiger partial charge is 0.508 e. The number of phenolic OH excluding ortho intramolecular Hbond substituents is 1. The highest BCUT2D eigenvalue weighted by Gasteiger charge is 2.36. The van der Waals surface area contributed by atoms with Crippen molar-refractivity contribution in [2.45, 2.75) is 180 Å². The Balaban J connectivity index is 3.46. The lowest BCUT2D eigenvalue weighted by atomic mass is 10.00. The maximum Gasteiger partial charge on any atom is 0.326 e. The summed E-state index contributed by atoms with van der Waals surface area (Å²) < 4.78 is 0. The molecule has 0 saturated carbocycles. The molecule has 20 N–H and O–H groups in total. The lowest BCUT2D eigenvalue weighted by Crippen LogP contribution is -2.61. The number of aliphatic hydroxyl groups is 2. The molecule has 0 unspecified atom stereocenters. The number of nitrogens with one attached hydrogen (secondary N) is 9. The van der Waals surface area contributed by atoms with E-state index < -0.39 is 151 Å². The highest BCUT2D eigenvalue weighted by atomic mass is 16.4. The van der Waals surface area contributed by atoms with E-state index in [9.17, 15) is 78.0 Å². The van der Waals surface area contributed by atoms with Crippen LogP contribution >= 0.6 is 0 Å². The van der Waals surface area contributed by atoms with Gasteiger partial charge in [-0.3, -0.25) is 52.7 Å². The van der Waals surface area contributed by atoms with Crippen molar-refractivity contribution < 1.29 is 83.1 Å². The van der Waals surface area contributed by atoms with Crippen molar-refractivity contribution in [1.29, 1.82) is 0 Å². The van der Waals surface area contributed by atoms with Gasteiger partial charge in [0.25, 0.3) is 0 Å². The molecule has 1 rings (SSSR count). The third kappa shape index (κ3) is 28.0. The number of carboxylic acids is 2. The molecule has 1 aromatic carbocycles. The smallest absolute Gasteiger partial charge is 0.326 e. The normalized spacial score (nSPS) is 14.9. The number of carbonyl (C=O) groups is 12. The number of primary amides is 1. The number of unbranched alkanes of at least 4 members (excludes halogenated alkanes) is 1. The first-order chi connectivity index (χ1) is 37.9. The molecule has 29 heteroatoms. The van der Waals surface area contributed by atoms with E-state index in [-0.39, 0.29) is 87.8 Å². The first kappa shape index (κ1) is 71.5. The Kier molecular flexibility index (Phi) is 32.4. The SMILES string of the molecule is CC(C)C[C@H](NC(=O)[C@H](C)NC(=O)[C@H](CC(C)C)NC(=O)[C@H](CO)NC(=O)[C@@H](N)CCC(=O)O)C(=O)N[C@@H](Cc1ccc(O)cc1)C(=O)N[C@@H](CCCCN)C(=O)N[C@@H](CO)C(=O)N[C@@H](CC(C)C)C(=O)N[C@@H](CCC(N)=O)C(=O)O. The highest BCUT2D eigenvalue weighted by molar-refractivity contribution is 5.98.